The lowest BCUT2D eigenvalue weighted by atomic mass is 9.98. The predicted molar refractivity (Wildman–Crippen MR) is 70.1 cm³/mol. The summed E-state index contributed by atoms with van der Waals surface area (Å²) in [6.07, 6.45) is 10.7. The highest BCUT2D eigenvalue weighted by Crippen LogP contribution is 2.28. The molecule has 1 aromatic heterocycles. The van der Waals surface area contributed by atoms with Crippen LogP contribution in [0, 0.1) is 5.92 Å². The van der Waals surface area contributed by atoms with E-state index in [1.165, 1.54) is 32.0 Å². The zero-order chi connectivity index (χ0) is 12.8. The summed E-state index contributed by atoms with van der Waals surface area (Å²) < 4.78 is 0. The monoisotopic (exact) mass is 248 g/mol. The molecule has 2 N–H and O–H groups in total. The van der Waals surface area contributed by atoms with Gasteiger partial charge in [-0.1, -0.05) is 25.7 Å². The van der Waals surface area contributed by atoms with Crippen LogP contribution in [0.4, 0.5) is 5.69 Å². The molecule has 1 saturated carbocycles. The second kappa shape index (κ2) is 6.44. The molecular formula is C13H20N4O. The van der Waals surface area contributed by atoms with E-state index in [-0.39, 0.29) is 11.9 Å². The predicted octanol–water partition coefficient (Wildman–Crippen LogP) is 1.58. The molecule has 0 saturated heterocycles. The van der Waals surface area contributed by atoms with Gasteiger partial charge < -0.3 is 10.6 Å². The molecule has 1 aromatic rings. The minimum Gasteiger partial charge on any atom is -0.322 e. The maximum atomic E-state index is 12.1. The van der Waals surface area contributed by atoms with E-state index in [1.54, 1.807) is 12.4 Å². The molecular weight excluding hydrogens is 228 g/mol. The number of nitrogens with zero attached hydrogens (tertiary/aromatic N) is 2. The highest BCUT2D eigenvalue weighted by molar-refractivity contribution is 5.94. The van der Waals surface area contributed by atoms with E-state index < -0.39 is 0 Å². The Balaban J connectivity index is 1.88. The lowest BCUT2D eigenvalue weighted by Gasteiger charge is -2.19. The van der Waals surface area contributed by atoms with Crippen molar-refractivity contribution < 1.29 is 4.79 Å². The third-order valence-corrected chi connectivity index (χ3v) is 3.54. The fourth-order valence-corrected chi connectivity index (χ4v) is 2.53. The van der Waals surface area contributed by atoms with Gasteiger partial charge >= 0.3 is 0 Å². The molecule has 2 rings (SSSR count). The minimum atomic E-state index is -0.131. The van der Waals surface area contributed by atoms with Gasteiger partial charge in [0.2, 0.25) is 5.91 Å². The number of aromatic nitrogens is 2. The second-order valence-electron chi connectivity index (χ2n) is 4.84. The Labute approximate surface area is 107 Å². The van der Waals surface area contributed by atoms with Gasteiger partial charge in [-0.2, -0.15) is 0 Å². The summed E-state index contributed by atoms with van der Waals surface area (Å²) in [5.74, 6) is 0.680. The fourth-order valence-electron chi connectivity index (χ4n) is 2.53. The van der Waals surface area contributed by atoms with E-state index in [9.17, 15) is 4.79 Å². The van der Waals surface area contributed by atoms with E-state index in [1.807, 2.05) is 7.05 Å². The van der Waals surface area contributed by atoms with Crippen molar-refractivity contribution in [1.29, 1.82) is 0 Å². The number of hydrogen-bond acceptors (Lipinski definition) is 4. The van der Waals surface area contributed by atoms with Crippen molar-refractivity contribution in [2.75, 3.05) is 12.4 Å². The minimum absolute atomic E-state index is 0.000741. The topological polar surface area (TPSA) is 66.9 Å². The molecule has 1 amide bonds. The molecule has 18 heavy (non-hydrogen) atoms. The maximum absolute atomic E-state index is 12.1. The SMILES string of the molecule is CNC(CC1CCCC1)C(=O)Nc1cncnc1. The summed E-state index contributed by atoms with van der Waals surface area (Å²) >= 11 is 0. The summed E-state index contributed by atoms with van der Waals surface area (Å²) in [7, 11) is 1.83. The first-order valence-corrected chi connectivity index (χ1v) is 6.52. The molecule has 1 unspecified atom stereocenters. The first kappa shape index (κ1) is 13.0. The van der Waals surface area contributed by atoms with Crippen molar-refractivity contribution in [2.45, 2.75) is 38.1 Å². The normalized spacial score (nSPS) is 17.6. The largest absolute Gasteiger partial charge is 0.322 e. The average Bonchev–Trinajstić information content (AvgIpc) is 2.90. The van der Waals surface area contributed by atoms with Gasteiger partial charge in [0.25, 0.3) is 0 Å². The van der Waals surface area contributed by atoms with Crippen LogP contribution < -0.4 is 10.6 Å². The zero-order valence-electron chi connectivity index (χ0n) is 10.7. The van der Waals surface area contributed by atoms with Gasteiger partial charge in [-0.05, 0) is 19.4 Å². The zero-order valence-corrected chi connectivity index (χ0v) is 10.7. The maximum Gasteiger partial charge on any atom is 0.241 e. The molecule has 0 bridgehead atoms. The number of amides is 1. The van der Waals surface area contributed by atoms with Gasteiger partial charge in [-0.3, -0.25) is 4.79 Å². The Hall–Kier alpha value is -1.49. The van der Waals surface area contributed by atoms with Gasteiger partial charge in [0, 0.05) is 0 Å². The van der Waals surface area contributed by atoms with E-state index in [0.29, 0.717) is 11.6 Å². The van der Waals surface area contributed by atoms with E-state index >= 15 is 0 Å². The van der Waals surface area contributed by atoms with Crippen LogP contribution in [0.15, 0.2) is 18.7 Å². The Morgan fingerprint density at radius 3 is 2.67 bits per heavy atom. The van der Waals surface area contributed by atoms with Crippen LogP contribution in [-0.2, 0) is 4.79 Å². The van der Waals surface area contributed by atoms with Gasteiger partial charge in [0.15, 0.2) is 0 Å². The molecule has 0 spiro atoms. The van der Waals surface area contributed by atoms with Crippen molar-refractivity contribution in [2.24, 2.45) is 5.92 Å². The van der Waals surface area contributed by atoms with Crippen LogP contribution in [0.25, 0.3) is 0 Å². The molecule has 0 radical (unpaired) electrons. The summed E-state index contributed by atoms with van der Waals surface area (Å²) in [5, 5.41) is 5.94. The number of rotatable bonds is 5. The lowest BCUT2D eigenvalue weighted by molar-refractivity contribution is -0.118. The first-order valence-electron chi connectivity index (χ1n) is 6.52. The number of nitrogens with one attached hydrogen (secondary N) is 2. The summed E-state index contributed by atoms with van der Waals surface area (Å²) in [6.45, 7) is 0. The van der Waals surface area contributed by atoms with Crippen molar-refractivity contribution >= 4 is 11.6 Å². The van der Waals surface area contributed by atoms with Crippen LogP contribution in [0.1, 0.15) is 32.1 Å². The van der Waals surface area contributed by atoms with Crippen LogP contribution in [0.3, 0.4) is 0 Å². The van der Waals surface area contributed by atoms with Gasteiger partial charge in [0.05, 0.1) is 24.1 Å². The van der Waals surface area contributed by atoms with E-state index in [2.05, 4.69) is 20.6 Å². The van der Waals surface area contributed by atoms with Crippen LogP contribution in [0.2, 0.25) is 0 Å². The Kier molecular flexibility index (Phi) is 4.64. The lowest BCUT2D eigenvalue weighted by Crippen LogP contribution is -2.39. The number of carbonyl (C=O) groups is 1. The summed E-state index contributed by atoms with van der Waals surface area (Å²) in [6, 6.07) is -0.131. The summed E-state index contributed by atoms with van der Waals surface area (Å²) in [4.78, 5) is 19.9. The molecule has 1 atom stereocenters. The standard InChI is InChI=1S/C13H20N4O/c1-14-12(6-10-4-2-3-5-10)13(18)17-11-7-15-9-16-8-11/h7-10,12,14H,2-6H2,1H3,(H,17,18). The highest BCUT2D eigenvalue weighted by Gasteiger charge is 2.23. The van der Waals surface area contributed by atoms with E-state index in [0.717, 1.165) is 6.42 Å². The number of anilines is 1. The van der Waals surface area contributed by atoms with Gasteiger partial charge in [0.1, 0.15) is 6.33 Å². The van der Waals surface area contributed by atoms with Gasteiger partial charge in [-0.15, -0.1) is 0 Å². The molecule has 1 aliphatic rings. The summed E-state index contributed by atoms with van der Waals surface area (Å²) in [5.41, 5.74) is 0.647. The Bertz CT molecular complexity index is 376. The first-order chi connectivity index (χ1) is 8.79. The van der Waals surface area contributed by atoms with Gasteiger partial charge in [-0.25, -0.2) is 9.97 Å². The third kappa shape index (κ3) is 3.50. The quantitative estimate of drug-likeness (QED) is 0.830. The van der Waals surface area contributed by atoms with Crippen molar-refractivity contribution in [3.8, 4) is 0 Å². The Morgan fingerprint density at radius 2 is 2.06 bits per heavy atom. The van der Waals surface area contributed by atoms with Crippen molar-refractivity contribution in [1.82, 2.24) is 15.3 Å². The molecule has 5 heteroatoms. The van der Waals surface area contributed by atoms with Crippen molar-refractivity contribution in [3.05, 3.63) is 18.7 Å². The Morgan fingerprint density at radius 1 is 1.39 bits per heavy atom. The van der Waals surface area contributed by atoms with Crippen LogP contribution in [-0.4, -0.2) is 29.0 Å². The molecule has 1 aliphatic carbocycles. The molecule has 0 aliphatic heterocycles. The molecule has 0 aromatic carbocycles. The molecule has 5 nitrogen and oxygen atoms in total. The molecule has 1 fully saturated rings. The smallest absolute Gasteiger partial charge is 0.241 e. The second-order valence-corrected chi connectivity index (χ2v) is 4.84. The van der Waals surface area contributed by atoms with Crippen LogP contribution >= 0.6 is 0 Å². The molecule has 1 heterocycles. The number of likely N-dealkylation sites (N-methyl/N-ethyl adjacent to an activating group) is 1. The van der Waals surface area contributed by atoms with Crippen LogP contribution in [0.5, 0.6) is 0 Å². The fraction of sp³-hybridized carbons (Fsp3) is 0.615. The third-order valence-electron chi connectivity index (χ3n) is 3.54. The molecule has 98 valence electrons. The number of carbonyl (C=O) groups excluding carboxylic acids is 1. The van der Waals surface area contributed by atoms with Crippen molar-refractivity contribution in [3.63, 3.8) is 0 Å². The van der Waals surface area contributed by atoms with E-state index in [4.69, 9.17) is 0 Å². The average molecular weight is 248 g/mol. The number of hydrogen-bond donors (Lipinski definition) is 2. The highest BCUT2D eigenvalue weighted by atomic mass is 16.2.